The lowest BCUT2D eigenvalue weighted by atomic mass is 9.87. The van der Waals surface area contributed by atoms with E-state index in [1.165, 1.54) is 0 Å². The first-order valence-corrected chi connectivity index (χ1v) is 5.00. The van der Waals surface area contributed by atoms with Crippen LogP contribution in [0.4, 0.5) is 0 Å². The van der Waals surface area contributed by atoms with Crippen LogP contribution < -0.4 is 16.4 Å². The largest absolute Gasteiger partial charge is 0.351 e. The Hall–Kier alpha value is -1.10. The van der Waals surface area contributed by atoms with Crippen molar-refractivity contribution in [3.05, 3.63) is 0 Å². The topological polar surface area (TPSA) is 84.2 Å². The average molecular weight is 197 g/mol. The van der Waals surface area contributed by atoms with Gasteiger partial charge in [0.25, 0.3) is 0 Å². The molecule has 2 aliphatic rings. The van der Waals surface area contributed by atoms with E-state index < -0.39 is 0 Å². The van der Waals surface area contributed by atoms with E-state index in [0.29, 0.717) is 12.8 Å². The van der Waals surface area contributed by atoms with Crippen molar-refractivity contribution in [3.8, 4) is 0 Å². The molecule has 1 saturated heterocycles. The highest BCUT2D eigenvalue weighted by Gasteiger charge is 2.32. The summed E-state index contributed by atoms with van der Waals surface area (Å²) in [4.78, 5) is 22.4. The van der Waals surface area contributed by atoms with E-state index in [1.807, 2.05) is 0 Å². The molecule has 1 unspecified atom stereocenters. The summed E-state index contributed by atoms with van der Waals surface area (Å²) < 4.78 is 0. The predicted octanol–water partition coefficient (Wildman–Crippen LogP) is -1.13. The highest BCUT2D eigenvalue weighted by molar-refractivity contribution is 5.90. The molecular weight excluding hydrogens is 182 g/mol. The Bertz CT molecular complexity index is 261. The van der Waals surface area contributed by atoms with Crippen molar-refractivity contribution in [2.24, 2.45) is 5.73 Å². The third kappa shape index (κ3) is 1.87. The highest BCUT2D eigenvalue weighted by Crippen LogP contribution is 2.18. The van der Waals surface area contributed by atoms with Gasteiger partial charge >= 0.3 is 0 Å². The molecule has 1 heterocycles. The fraction of sp³-hybridized carbons (Fsp3) is 0.778. The average Bonchev–Trinajstić information content (AvgIpc) is 2.49. The molecule has 1 aliphatic carbocycles. The summed E-state index contributed by atoms with van der Waals surface area (Å²) in [6.45, 7) is 0. The normalized spacial score (nSPS) is 36.1. The number of rotatable bonds is 2. The minimum absolute atomic E-state index is 0.0320. The molecule has 2 amide bonds. The zero-order chi connectivity index (χ0) is 10.1. The number of nitrogens with one attached hydrogen (secondary N) is 2. The zero-order valence-corrected chi connectivity index (χ0v) is 7.95. The van der Waals surface area contributed by atoms with Crippen molar-refractivity contribution in [1.82, 2.24) is 10.6 Å². The Kier molecular flexibility index (Phi) is 2.41. The number of amides is 2. The van der Waals surface area contributed by atoms with Gasteiger partial charge in [-0.1, -0.05) is 0 Å². The first-order chi connectivity index (χ1) is 6.65. The van der Waals surface area contributed by atoms with E-state index in [0.717, 1.165) is 12.8 Å². The van der Waals surface area contributed by atoms with E-state index in [4.69, 9.17) is 5.73 Å². The van der Waals surface area contributed by atoms with Gasteiger partial charge in [0, 0.05) is 18.5 Å². The van der Waals surface area contributed by atoms with Gasteiger partial charge in [0.1, 0.15) is 6.04 Å². The van der Waals surface area contributed by atoms with E-state index in [1.54, 1.807) is 0 Å². The molecule has 1 atom stereocenters. The Morgan fingerprint density at radius 3 is 2.71 bits per heavy atom. The van der Waals surface area contributed by atoms with E-state index in [-0.39, 0.29) is 29.9 Å². The van der Waals surface area contributed by atoms with Crippen molar-refractivity contribution in [1.29, 1.82) is 0 Å². The molecule has 14 heavy (non-hydrogen) atoms. The van der Waals surface area contributed by atoms with Crippen molar-refractivity contribution in [2.75, 3.05) is 0 Å². The zero-order valence-electron chi connectivity index (χ0n) is 7.95. The van der Waals surface area contributed by atoms with Gasteiger partial charge in [-0.25, -0.2) is 0 Å². The lowest BCUT2D eigenvalue weighted by Crippen LogP contribution is -2.54. The summed E-state index contributed by atoms with van der Waals surface area (Å²) in [5, 5.41) is 5.51. The standard InChI is InChI=1S/C9H15N3O2/c10-5-3-6(4-5)11-9(14)7-1-2-8(13)12-7/h5-7H,1-4,10H2,(H,11,14)(H,12,13). The molecule has 0 aromatic rings. The number of carbonyl (C=O) groups excluding carboxylic acids is 2. The van der Waals surface area contributed by atoms with Crippen LogP contribution in [0.2, 0.25) is 0 Å². The molecule has 0 aromatic carbocycles. The Morgan fingerprint density at radius 2 is 2.21 bits per heavy atom. The molecule has 0 spiro atoms. The van der Waals surface area contributed by atoms with E-state index >= 15 is 0 Å². The molecule has 4 N–H and O–H groups in total. The summed E-state index contributed by atoms with van der Waals surface area (Å²) >= 11 is 0. The molecule has 1 saturated carbocycles. The van der Waals surface area contributed by atoms with E-state index in [9.17, 15) is 9.59 Å². The van der Waals surface area contributed by atoms with Crippen molar-refractivity contribution < 1.29 is 9.59 Å². The maximum atomic E-state index is 11.5. The maximum Gasteiger partial charge on any atom is 0.242 e. The van der Waals surface area contributed by atoms with Crippen LogP contribution in [0.5, 0.6) is 0 Å². The van der Waals surface area contributed by atoms with Gasteiger partial charge in [0.15, 0.2) is 0 Å². The van der Waals surface area contributed by atoms with Crippen LogP contribution in [-0.2, 0) is 9.59 Å². The number of hydrogen-bond donors (Lipinski definition) is 3. The SMILES string of the molecule is NC1CC(NC(=O)C2CCC(=O)N2)C1. The van der Waals surface area contributed by atoms with Crippen LogP contribution in [0.3, 0.4) is 0 Å². The van der Waals surface area contributed by atoms with Gasteiger partial charge in [-0.05, 0) is 19.3 Å². The summed E-state index contributed by atoms with van der Waals surface area (Å²) in [5.74, 6) is -0.0942. The Labute approximate surface area is 82.4 Å². The third-order valence-electron chi connectivity index (χ3n) is 2.83. The smallest absolute Gasteiger partial charge is 0.242 e. The second kappa shape index (κ2) is 3.57. The first-order valence-electron chi connectivity index (χ1n) is 5.00. The van der Waals surface area contributed by atoms with Crippen LogP contribution in [0.1, 0.15) is 25.7 Å². The molecule has 0 aromatic heterocycles. The summed E-state index contributed by atoms with van der Waals surface area (Å²) in [6, 6.07) is 0.132. The fourth-order valence-electron chi connectivity index (χ4n) is 1.89. The molecule has 2 fully saturated rings. The summed E-state index contributed by atoms with van der Waals surface area (Å²) in [6.07, 6.45) is 2.78. The van der Waals surface area contributed by atoms with Gasteiger partial charge in [0.2, 0.25) is 11.8 Å². The first kappa shape index (κ1) is 9.45. The second-order valence-electron chi connectivity index (χ2n) is 4.10. The summed E-state index contributed by atoms with van der Waals surface area (Å²) in [7, 11) is 0. The van der Waals surface area contributed by atoms with E-state index in [2.05, 4.69) is 10.6 Å². The predicted molar refractivity (Wildman–Crippen MR) is 50.3 cm³/mol. The van der Waals surface area contributed by atoms with Crippen LogP contribution >= 0.6 is 0 Å². The van der Waals surface area contributed by atoms with Crippen LogP contribution in [0.15, 0.2) is 0 Å². The molecule has 0 bridgehead atoms. The third-order valence-corrected chi connectivity index (χ3v) is 2.83. The number of nitrogens with two attached hydrogens (primary N) is 1. The van der Waals surface area contributed by atoms with Crippen LogP contribution in [0, 0.1) is 0 Å². The van der Waals surface area contributed by atoms with Crippen molar-refractivity contribution in [3.63, 3.8) is 0 Å². The maximum absolute atomic E-state index is 11.5. The van der Waals surface area contributed by atoms with Crippen LogP contribution in [-0.4, -0.2) is 29.9 Å². The Balaban J connectivity index is 1.76. The summed E-state index contributed by atoms with van der Waals surface area (Å²) in [5.41, 5.74) is 5.60. The van der Waals surface area contributed by atoms with Gasteiger partial charge in [-0.3, -0.25) is 9.59 Å². The quantitative estimate of drug-likeness (QED) is 0.524. The Morgan fingerprint density at radius 1 is 1.50 bits per heavy atom. The minimum atomic E-state index is -0.320. The molecular formula is C9H15N3O2. The monoisotopic (exact) mass is 197 g/mol. The fourth-order valence-corrected chi connectivity index (χ4v) is 1.89. The molecule has 0 radical (unpaired) electrons. The van der Waals surface area contributed by atoms with Gasteiger partial charge in [-0.15, -0.1) is 0 Å². The second-order valence-corrected chi connectivity index (χ2v) is 4.10. The molecule has 2 rings (SSSR count). The molecule has 5 heteroatoms. The molecule has 5 nitrogen and oxygen atoms in total. The van der Waals surface area contributed by atoms with Crippen molar-refractivity contribution in [2.45, 2.75) is 43.8 Å². The van der Waals surface area contributed by atoms with Gasteiger partial charge in [0.05, 0.1) is 0 Å². The lowest BCUT2D eigenvalue weighted by molar-refractivity contribution is -0.126. The van der Waals surface area contributed by atoms with Crippen molar-refractivity contribution >= 4 is 11.8 Å². The number of carbonyl (C=O) groups is 2. The highest BCUT2D eigenvalue weighted by atomic mass is 16.2. The lowest BCUT2D eigenvalue weighted by Gasteiger charge is -2.33. The minimum Gasteiger partial charge on any atom is -0.351 e. The van der Waals surface area contributed by atoms with Crippen LogP contribution in [0.25, 0.3) is 0 Å². The van der Waals surface area contributed by atoms with Gasteiger partial charge in [-0.2, -0.15) is 0 Å². The molecule has 78 valence electrons. The number of hydrogen-bond acceptors (Lipinski definition) is 3. The molecule has 1 aliphatic heterocycles. The van der Waals surface area contributed by atoms with Gasteiger partial charge < -0.3 is 16.4 Å².